The zero-order valence-corrected chi connectivity index (χ0v) is 16.2. The number of alkyl halides is 6. The van der Waals surface area contributed by atoms with Gasteiger partial charge in [-0.3, -0.25) is 9.78 Å². The Kier molecular flexibility index (Phi) is 5.43. The Hall–Kier alpha value is -3.37. The summed E-state index contributed by atoms with van der Waals surface area (Å²) in [5.74, 6) is -0.504. The molecule has 0 fully saturated rings. The number of nitrogens with one attached hydrogen (secondary N) is 1. The van der Waals surface area contributed by atoms with E-state index in [1.54, 1.807) is 0 Å². The highest BCUT2D eigenvalue weighted by atomic mass is 19.4. The van der Waals surface area contributed by atoms with E-state index < -0.39 is 35.6 Å². The Balaban J connectivity index is 1.59. The fraction of sp³-hybridized carbons (Fsp3) is 0.286. The second-order valence-corrected chi connectivity index (χ2v) is 7.25. The molecule has 1 aliphatic rings. The van der Waals surface area contributed by atoms with E-state index in [0.29, 0.717) is 25.0 Å². The maximum Gasteiger partial charge on any atom is 0.433 e. The first-order valence-electron chi connectivity index (χ1n) is 9.54. The Morgan fingerprint density at radius 3 is 2.56 bits per heavy atom. The summed E-state index contributed by atoms with van der Waals surface area (Å²) in [6, 6.07) is 5.47. The summed E-state index contributed by atoms with van der Waals surface area (Å²) < 4.78 is 83.3. The monoisotopic (exact) mass is 455 g/mol. The molecule has 0 spiro atoms. The molecule has 0 bridgehead atoms. The van der Waals surface area contributed by atoms with Crippen molar-refractivity contribution in [3.63, 3.8) is 0 Å². The number of nitrogens with zero attached hydrogens (tertiary/aromatic N) is 2. The minimum Gasteiger partial charge on any atom is -0.439 e. The Labute approximate surface area is 177 Å². The molecule has 4 rings (SSSR count). The van der Waals surface area contributed by atoms with Gasteiger partial charge < -0.3 is 9.73 Å². The topological polar surface area (TPSA) is 68.0 Å². The molecular formula is C21H15F6N3O2. The number of fused-ring (bicyclic) bond motifs is 1. The van der Waals surface area contributed by atoms with Crippen LogP contribution in [0.3, 0.4) is 0 Å². The number of benzene rings is 1. The first-order chi connectivity index (χ1) is 15.0. The van der Waals surface area contributed by atoms with Crippen LogP contribution in [0.4, 0.5) is 26.3 Å². The second kappa shape index (κ2) is 7.95. The molecule has 0 unspecified atom stereocenters. The Morgan fingerprint density at radius 1 is 1.06 bits per heavy atom. The van der Waals surface area contributed by atoms with Gasteiger partial charge in [0.15, 0.2) is 0 Å². The molecule has 3 aromatic rings. The largest absolute Gasteiger partial charge is 0.439 e. The van der Waals surface area contributed by atoms with E-state index >= 15 is 0 Å². The van der Waals surface area contributed by atoms with Crippen molar-refractivity contribution in [3.05, 3.63) is 70.9 Å². The van der Waals surface area contributed by atoms with Crippen molar-refractivity contribution >= 4 is 5.91 Å². The van der Waals surface area contributed by atoms with Gasteiger partial charge in [0.1, 0.15) is 11.5 Å². The van der Waals surface area contributed by atoms with E-state index in [1.807, 2.05) is 0 Å². The Bertz CT molecular complexity index is 1150. The number of hydrogen-bond acceptors (Lipinski definition) is 4. The summed E-state index contributed by atoms with van der Waals surface area (Å²) in [7, 11) is 0. The lowest BCUT2D eigenvalue weighted by atomic mass is 9.96. The van der Waals surface area contributed by atoms with Crippen LogP contribution in [0.25, 0.3) is 11.5 Å². The maximum atomic E-state index is 12.9. The number of oxazole rings is 1. The molecule has 1 aromatic carbocycles. The van der Waals surface area contributed by atoms with Crippen LogP contribution in [0, 0.1) is 0 Å². The highest BCUT2D eigenvalue weighted by Gasteiger charge is 2.34. The normalized spacial score (nSPS) is 16.5. The first kappa shape index (κ1) is 21.8. The number of amides is 1. The minimum atomic E-state index is -4.64. The second-order valence-electron chi connectivity index (χ2n) is 7.25. The molecule has 32 heavy (non-hydrogen) atoms. The van der Waals surface area contributed by atoms with E-state index in [-0.39, 0.29) is 22.8 Å². The van der Waals surface area contributed by atoms with Crippen molar-refractivity contribution in [3.8, 4) is 11.5 Å². The van der Waals surface area contributed by atoms with Crippen LogP contribution >= 0.6 is 0 Å². The van der Waals surface area contributed by atoms with E-state index in [0.717, 1.165) is 30.5 Å². The zero-order chi connectivity index (χ0) is 23.1. The van der Waals surface area contributed by atoms with E-state index in [4.69, 9.17) is 4.42 Å². The number of carbonyl (C=O) groups excluding carboxylic acids is 1. The van der Waals surface area contributed by atoms with Gasteiger partial charge in [0.2, 0.25) is 5.89 Å². The van der Waals surface area contributed by atoms with Crippen LogP contribution in [0.15, 0.2) is 47.0 Å². The molecule has 2 heterocycles. The average molecular weight is 455 g/mol. The molecule has 1 aliphatic carbocycles. The van der Waals surface area contributed by atoms with Crippen LogP contribution in [-0.2, 0) is 18.8 Å². The molecule has 2 aromatic heterocycles. The van der Waals surface area contributed by atoms with Crippen LogP contribution in [0.5, 0.6) is 0 Å². The lowest BCUT2D eigenvalue weighted by Crippen LogP contribution is -2.30. The third-order valence-corrected chi connectivity index (χ3v) is 5.01. The molecule has 0 saturated heterocycles. The van der Waals surface area contributed by atoms with E-state index in [2.05, 4.69) is 15.3 Å². The number of rotatable bonds is 3. The SMILES string of the molecule is O=C(N[C@H]1CCCc2nc(-c3ccnc(C(F)(F)F)c3)oc21)c1cccc(C(F)(F)F)c1. The molecule has 0 radical (unpaired) electrons. The highest BCUT2D eigenvalue weighted by molar-refractivity contribution is 5.94. The van der Waals surface area contributed by atoms with Crippen molar-refractivity contribution in [2.45, 2.75) is 37.7 Å². The standard InChI is InChI=1S/C21H15F6N3O2/c22-20(23,24)13-4-1-3-11(9-13)18(31)29-14-5-2-6-15-17(14)32-19(30-15)12-7-8-28-16(10-12)21(25,26)27/h1,3-4,7-10,14H,2,5-6H2,(H,29,31)/t14-/m0/s1. The summed E-state index contributed by atoms with van der Waals surface area (Å²) in [6.45, 7) is 0. The van der Waals surface area contributed by atoms with E-state index in [1.165, 1.54) is 12.1 Å². The third-order valence-electron chi connectivity index (χ3n) is 5.01. The van der Waals surface area contributed by atoms with Crippen LogP contribution in [0.2, 0.25) is 0 Å². The number of hydrogen-bond donors (Lipinski definition) is 1. The van der Waals surface area contributed by atoms with Gasteiger partial charge in [0.25, 0.3) is 5.91 Å². The molecule has 1 amide bonds. The fourth-order valence-corrected chi connectivity index (χ4v) is 3.48. The van der Waals surface area contributed by atoms with Gasteiger partial charge in [0, 0.05) is 17.3 Å². The first-order valence-corrected chi connectivity index (χ1v) is 9.54. The van der Waals surface area contributed by atoms with Crippen LogP contribution in [-0.4, -0.2) is 15.9 Å². The van der Waals surface area contributed by atoms with Crippen molar-refractivity contribution in [1.82, 2.24) is 15.3 Å². The maximum absolute atomic E-state index is 12.9. The number of pyridine rings is 1. The number of halogens is 6. The molecule has 11 heteroatoms. The fourth-order valence-electron chi connectivity index (χ4n) is 3.48. The van der Waals surface area contributed by atoms with Gasteiger partial charge in [0.05, 0.1) is 17.3 Å². The lowest BCUT2D eigenvalue weighted by Gasteiger charge is -2.21. The van der Waals surface area contributed by atoms with Crippen molar-refractivity contribution in [1.29, 1.82) is 0 Å². The third kappa shape index (κ3) is 4.46. The molecule has 168 valence electrons. The summed E-state index contributed by atoms with van der Waals surface area (Å²) in [5.41, 5.74) is -1.67. The van der Waals surface area contributed by atoms with Gasteiger partial charge in [-0.25, -0.2) is 4.98 Å². The van der Waals surface area contributed by atoms with Gasteiger partial charge in [-0.05, 0) is 49.6 Å². The summed E-state index contributed by atoms with van der Waals surface area (Å²) >= 11 is 0. The average Bonchev–Trinajstić information content (AvgIpc) is 3.18. The van der Waals surface area contributed by atoms with Gasteiger partial charge >= 0.3 is 12.4 Å². The van der Waals surface area contributed by atoms with Crippen molar-refractivity contribution < 1.29 is 35.6 Å². The van der Waals surface area contributed by atoms with E-state index in [9.17, 15) is 31.1 Å². The predicted molar refractivity (Wildman–Crippen MR) is 99.3 cm³/mol. The number of carbonyl (C=O) groups is 1. The summed E-state index contributed by atoms with van der Waals surface area (Å²) in [5, 5.41) is 2.64. The zero-order valence-electron chi connectivity index (χ0n) is 16.2. The molecule has 0 aliphatic heterocycles. The molecule has 5 nitrogen and oxygen atoms in total. The quantitative estimate of drug-likeness (QED) is 0.524. The summed E-state index contributed by atoms with van der Waals surface area (Å²) in [6.07, 6.45) is -6.69. The number of aryl methyl sites for hydroxylation is 1. The molecule has 0 saturated carbocycles. The number of aromatic nitrogens is 2. The van der Waals surface area contributed by atoms with Crippen LogP contribution in [0.1, 0.15) is 52.0 Å². The molecule has 1 N–H and O–H groups in total. The smallest absolute Gasteiger partial charge is 0.433 e. The van der Waals surface area contributed by atoms with Crippen molar-refractivity contribution in [2.75, 3.05) is 0 Å². The lowest BCUT2D eigenvalue weighted by molar-refractivity contribution is -0.141. The summed E-state index contributed by atoms with van der Waals surface area (Å²) in [4.78, 5) is 20.1. The Morgan fingerprint density at radius 2 is 1.84 bits per heavy atom. The van der Waals surface area contributed by atoms with Gasteiger partial charge in [-0.2, -0.15) is 26.3 Å². The molecule has 1 atom stereocenters. The minimum absolute atomic E-state index is 0.0527. The predicted octanol–water partition coefficient (Wildman–Crippen LogP) is 5.58. The van der Waals surface area contributed by atoms with Gasteiger partial charge in [-0.1, -0.05) is 6.07 Å². The van der Waals surface area contributed by atoms with Gasteiger partial charge in [-0.15, -0.1) is 0 Å². The van der Waals surface area contributed by atoms with Crippen molar-refractivity contribution in [2.24, 2.45) is 0 Å². The molecular weight excluding hydrogens is 440 g/mol. The highest BCUT2D eigenvalue weighted by Crippen LogP contribution is 2.36. The van der Waals surface area contributed by atoms with Crippen LogP contribution < -0.4 is 5.32 Å².